The highest BCUT2D eigenvalue weighted by atomic mass is 16.5. The van der Waals surface area contributed by atoms with Gasteiger partial charge in [-0.2, -0.15) is 0 Å². The molecule has 0 amide bonds. The third kappa shape index (κ3) is 3.22. The van der Waals surface area contributed by atoms with E-state index < -0.39 is 0 Å². The van der Waals surface area contributed by atoms with E-state index in [1.54, 1.807) is 11.1 Å². The maximum absolute atomic E-state index is 7.76. The van der Waals surface area contributed by atoms with Crippen LogP contribution < -0.4 is 5.73 Å². The lowest BCUT2D eigenvalue weighted by molar-refractivity contribution is -0.184. The summed E-state index contributed by atoms with van der Waals surface area (Å²) in [7, 11) is 0. The van der Waals surface area contributed by atoms with Gasteiger partial charge in [-0.05, 0) is 129 Å². The molecule has 0 radical (unpaired) electrons. The molecule has 2 heteroatoms. The zero-order valence-corrected chi connectivity index (χ0v) is 23.4. The van der Waals surface area contributed by atoms with Crippen molar-refractivity contribution in [2.45, 2.75) is 131 Å². The summed E-state index contributed by atoms with van der Waals surface area (Å²) in [5.74, 6) is 4.37. The molecule has 0 bridgehead atoms. The smallest absolute Gasteiger partial charge is 0.101 e. The van der Waals surface area contributed by atoms with Crippen LogP contribution in [-0.4, -0.2) is 11.6 Å². The van der Waals surface area contributed by atoms with E-state index in [4.69, 9.17) is 10.5 Å². The normalized spacial score (nSPS) is 50.3. The van der Waals surface area contributed by atoms with Gasteiger partial charge in [0.25, 0.3) is 0 Å². The summed E-state index contributed by atoms with van der Waals surface area (Å²) < 4.78 is 6.24. The van der Waals surface area contributed by atoms with Gasteiger partial charge in [0.05, 0.1) is 5.76 Å². The fourth-order valence-electron chi connectivity index (χ4n) is 11.2. The minimum atomic E-state index is -0.0648. The number of hydrogen-bond donors (Lipinski definition) is 1. The van der Waals surface area contributed by atoms with Crippen molar-refractivity contribution in [1.29, 1.82) is 0 Å². The number of nitrogens with two attached hydrogens (primary N) is 1. The largest absolute Gasteiger partial charge is 0.495 e. The first-order chi connectivity index (χ1) is 15.9. The van der Waals surface area contributed by atoms with Gasteiger partial charge in [-0.3, -0.25) is 0 Å². The lowest BCUT2D eigenvalue weighted by atomic mass is 9.36. The number of fused-ring (bicyclic) bond motifs is 7. The van der Waals surface area contributed by atoms with E-state index in [2.05, 4.69) is 48.1 Å². The maximum atomic E-state index is 7.76. The first kappa shape index (κ1) is 24.9. The van der Waals surface area contributed by atoms with E-state index in [1.807, 2.05) is 6.92 Å². The Hall–Kier alpha value is -0.760. The molecule has 0 aromatic heterocycles. The van der Waals surface area contributed by atoms with Gasteiger partial charge < -0.3 is 10.5 Å². The maximum Gasteiger partial charge on any atom is 0.101 e. The first-order valence-electron chi connectivity index (χ1n) is 14.8. The number of ether oxygens (including phenoxy) is 1. The second-order valence-corrected chi connectivity index (χ2v) is 14.3. The highest BCUT2D eigenvalue weighted by Crippen LogP contribution is 2.72. The summed E-state index contributed by atoms with van der Waals surface area (Å²) in [4.78, 5) is 0. The molecule has 4 fully saturated rings. The molecule has 0 saturated heterocycles. The van der Waals surface area contributed by atoms with Crippen molar-refractivity contribution < 1.29 is 4.74 Å². The molecule has 0 aliphatic heterocycles. The van der Waals surface area contributed by atoms with Crippen molar-refractivity contribution in [3.05, 3.63) is 23.5 Å². The second kappa shape index (κ2) is 8.12. The van der Waals surface area contributed by atoms with E-state index in [9.17, 15) is 0 Å². The zero-order chi connectivity index (χ0) is 24.7. The van der Waals surface area contributed by atoms with Crippen molar-refractivity contribution in [2.24, 2.45) is 51.6 Å². The van der Waals surface area contributed by atoms with Gasteiger partial charge in [0.2, 0.25) is 0 Å². The average Bonchev–Trinajstić information content (AvgIpc) is 3.17. The van der Waals surface area contributed by atoms with Crippen molar-refractivity contribution >= 4 is 0 Å². The Kier molecular flexibility index (Phi) is 5.95. The van der Waals surface area contributed by atoms with Crippen LogP contribution in [0.5, 0.6) is 0 Å². The molecule has 0 heterocycles. The van der Waals surface area contributed by atoms with Crippen LogP contribution in [0, 0.1) is 45.8 Å². The molecule has 9 unspecified atom stereocenters. The molecule has 9 atom stereocenters. The topological polar surface area (TPSA) is 35.2 Å². The molecule has 0 aromatic carbocycles. The predicted molar refractivity (Wildman–Crippen MR) is 143 cm³/mol. The Morgan fingerprint density at radius 2 is 1.68 bits per heavy atom. The fourth-order valence-corrected chi connectivity index (χ4v) is 11.2. The van der Waals surface area contributed by atoms with Gasteiger partial charge in [-0.25, -0.2) is 0 Å². The highest BCUT2D eigenvalue weighted by Gasteiger charge is 2.67. The van der Waals surface area contributed by atoms with Crippen LogP contribution >= 0.6 is 0 Å². The van der Waals surface area contributed by atoms with Gasteiger partial charge in [-0.15, -0.1) is 0 Å². The van der Waals surface area contributed by atoms with Crippen molar-refractivity contribution in [2.75, 3.05) is 0 Å². The van der Waals surface area contributed by atoms with Crippen LogP contribution in [-0.2, 0) is 4.74 Å². The summed E-state index contributed by atoms with van der Waals surface area (Å²) in [6.45, 7) is 21.2. The molecular weight excluding hydrogens is 414 g/mol. The molecule has 5 aliphatic rings. The number of hydrogen-bond acceptors (Lipinski definition) is 2. The Bertz CT molecular complexity index is 872. The first-order valence-corrected chi connectivity index (χ1v) is 14.8. The van der Waals surface area contributed by atoms with Crippen LogP contribution in [0.4, 0.5) is 0 Å². The van der Waals surface area contributed by atoms with E-state index in [0.717, 1.165) is 17.6 Å². The molecular formula is C32H53NO. The third-order valence-corrected chi connectivity index (χ3v) is 12.7. The van der Waals surface area contributed by atoms with Gasteiger partial charge in [0, 0.05) is 5.54 Å². The molecule has 5 rings (SSSR count). The Balaban J connectivity index is 1.51. The lowest BCUT2D eigenvalue weighted by Gasteiger charge is -2.69. The minimum absolute atomic E-state index is 0.0648. The van der Waals surface area contributed by atoms with Crippen LogP contribution in [0.3, 0.4) is 0 Å². The Morgan fingerprint density at radius 1 is 1.00 bits per heavy atom. The summed E-state index contributed by atoms with van der Waals surface area (Å²) in [5, 5.41) is 0. The van der Waals surface area contributed by atoms with Crippen LogP contribution in [0.1, 0.15) is 119 Å². The average molecular weight is 468 g/mol. The SMILES string of the molecule is C=C(C)OC1CCC2(C)C(CCC3(C)C4CCC5(CC)CCC(C(C)C)=C5C4(N)CCC23)C1C. The van der Waals surface area contributed by atoms with Crippen molar-refractivity contribution in [3.8, 4) is 0 Å². The Labute approximate surface area is 210 Å². The Morgan fingerprint density at radius 3 is 2.32 bits per heavy atom. The molecule has 34 heavy (non-hydrogen) atoms. The number of rotatable bonds is 4. The van der Waals surface area contributed by atoms with Gasteiger partial charge in [0.1, 0.15) is 6.10 Å². The van der Waals surface area contributed by atoms with Crippen LogP contribution in [0.2, 0.25) is 0 Å². The summed E-state index contributed by atoms with van der Waals surface area (Å²) >= 11 is 0. The summed E-state index contributed by atoms with van der Waals surface area (Å²) in [6, 6.07) is 0. The molecule has 2 N–H and O–H groups in total. The van der Waals surface area contributed by atoms with Gasteiger partial charge in [-0.1, -0.05) is 53.7 Å². The molecule has 0 spiro atoms. The molecule has 0 aromatic rings. The molecule has 4 saturated carbocycles. The van der Waals surface area contributed by atoms with Crippen LogP contribution in [0.15, 0.2) is 23.5 Å². The van der Waals surface area contributed by atoms with E-state index >= 15 is 0 Å². The van der Waals surface area contributed by atoms with Crippen molar-refractivity contribution in [3.63, 3.8) is 0 Å². The van der Waals surface area contributed by atoms with Gasteiger partial charge >= 0.3 is 0 Å². The van der Waals surface area contributed by atoms with Crippen LogP contribution in [0.25, 0.3) is 0 Å². The van der Waals surface area contributed by atoms with E-state index in [1.165, 1.54) is 70.6 Å². The molecule has 5 aliphatic carbocycles. The minimum Gasteiger partial charge on any atom is -0.495 e. The summed E-state index contributed by atoms with van der Waals surface area (Å²) in [6.07, 6.45) is 14.8. The predicted octanol–water partition coefficient (Wildman–Crippen LogP) is 8.42. The molecule has 192 valence electrons. The van der Waals surface area contributed by atoms with E-state index in [0.29, 0.717) is 40.1 Å². The quantitative estimate of drug-likeness (QED) is 0.332. The van der Waals surface area contributed by atoms with Gasteiger partial charge in [0.15, 0.2) is 0 Å². The van der Waals surface area contributed by atoms with E-state index in [-0.39, 0.29) is 5.54 Å². The monoisotopic (exact) mass is 467 g/mol. The fraction of sp³-hybridized carbons (Fsp3) is 0.875. The molecule has 2 nitrogen and oxygen atoms in total. The second-order valence-electron chi connectivity index (χ2n) is 14.3. The van der Waals surface area contributed by atoms with Crippen molar-refractivity contribution in [1.82, 2.24) is 0 Å². The lowest BCUT2D eigenvalue weighted by Crippen LogP contribution is -2.68. The zero-order valence-electron chi connectivity index (χ0n) is 23.4. The summed E-state index contributed by atoms with van der Waals surface area (Å²) in [5.41, 5.74) is 12.4. The highest BCUT2D eigenvalue weighted by molar-refractivity contribution is 5.42. The standard InChI is InChI=1S/C32H53NO/c1-9-31-17-10-23(20(2)3)28(31)32(33)19-14-26-29(7)16-12-25(34-21(4)5)22(6)24(29)11-15-30(26,8)27(32)13-18-31/h20,22,24-27H,4,9-19,33H2,1-3,5-8H3. The third-order valence-electron chi connectivity index (χ3n) is 12.7. The number of allylic oxidation sites excluding steroid dienone is 2.